The lowest BCUT2D eigenvalue weighted by atomic mass is 10.1. The van der Waals surface area contributed by atoms with Gasteiger partial charge in [0.1, 0.15) is 11.5 Å². The number of Topliss-reactive ketones (excluding diaryl/α,β-unsaturated/α-hetero) is 2. The van der Waals surface area contributed by atoms with E-state index in [4.69, 9.17) is 9.47 Å². The van der Waals surface area contributed by atoms with E-state index in [1.807, 2.05) is 85.2 Å². The first-order valence-electron chi connectivity index (χ1n) is 16.2. The molecule has 0 aromatic heterocycles. The summed E-state index contributed by atoms with van der Waals surface area (Å²) in [7, 11) is 0. The van der Waals surface area contributed by atoms with Crippen LogP contribution in [0.5, 0.6) is 11.5 Å². The van der Waals surface area contributed by atoms with Gasteiger partial charge >= 0.3 is 0 Å². The lowest BCUT2D eigenvalue weighted by Crippen LogP contribution is -1.98. The Labute approximate surface area is 273 Å². The average Bonchev–Trinajstić information content (AvgIpc) is 3.08. The predicted octanol–water partition coefficient (Wildman–Crippen LogP) is 10.2. The molecule has 0 N–H and O–H groups in total. The molecule has 0 radical (unpaired) electrons. The number of ketones is 2. The second kappa shape index (κ2) is 18.8. The van der Waals surface area contributed by atoms with E-state index >= 15 is 0 Å². The SMILES string of the molecule is CC(=O)c1ccc(N=Cc2ccc(OCCCCCCCCCCOc3ccc(C=Nc4ccc(C(C)=O)cc4)cc3)cc2)cc1. The van der Waals surface area contributed by atoms with E-state index in [9.17, 15) is 9.59 Å². The lowest BCUT2D eigenvalue weighted by Gasteiger charge is -2.07. The third kappa shape index (κ3) is 12.3. The van der Waals surface area contributed by atoms with Crippen molar-refractivity contribution in [2.45, 2.75) is 65.2 Å². The molecule has 46 heavy (non-hydrogen) atoms. The number of aliphatic imine (C=N–C) groups is 2. The van der Waals surface area contributed by atoms with Gasteiger partial charge < -0.3 is 9.47 Å². The summed E-state index contributed by atoms with van der Waals surface area (Å²) in [5.41, 5.74) is 5.02. The van der Waals surface area contributed by atoms with Crippen molar-refractivity contribution in [1.82, 2.24) is 0 Å². The molecule has 0 bridgehead atoms. The van der Waals surface area contributed by atoms with Crippen LogP contribution in [0.25, 0.3) is 0 Å². The number of hydrogen-bond acceptors (Lipinski definition) is 6. The monoisotopic (exact) mass is 616 g/mol. The Morgan fingerprint density at radius 3 is 1.13 bits per heavy atom. The highest BCUT2D eigenvalue weighted by atomic mass is 16.5. The van der Waals surface area contributed by atoms with Gasteiger partial charge in [-0.15, -0.1) is 0 Å². The largest absolute Gasteiger partial charge is 0.494 e. The molecule has 4 rings (SSSR count). The van der Waals surface area contributed by atoms with Crippen molar-refractivity contribution in [3.63, 3.8) is 0 Å². The molecule has 4 aromatic rings. The second-order valence-electron chi connectivity index (χ2n) is 11.4. The van der Waals surface area contributed by atoms with E-state index in [-0.39, 0.29) is 11.6 Å². The molecule has 0 spiro atoms. The minimum atomic E-state index is 0.0552. The average molecular weight is 617 g/mol. The summed E-state index contributed by atoms with van der Waals surface area (Å²) < 4.78 is 11.8. The molecule has 0 aliphatic heterocycles. The van der Waals surface area contributed by atoms with Crippen molar-refractivity contribution in [2.24, 2.45) is 9.98 Å². The van der Waals surface area contributed by atoms with Gasteiger partial charge in [0, 0.05) is 23.6 Å². The van der Waals surface area contributed by atoms with Crippen molar-refractivity contribution >= 4 is 35.4 Å². The van der Waals surface area contributed by atoms with Crippen molar-refractivity contribution in [3.05, 3.63) is 119 Å². The molecule has 6 nitrogen and oxygen atoms in total. The second-order valence-corrected chi connectivity index (χ2v) is 11.4. The number of carbonyl (C=O) groups excluding carboxylic acids is 2. The highest BCUT2D eigenvalue weighted by molar-refractivity contribution is 5.95. The fourth-order valence-electron chi connectivity index (χ4n) is 4.81. The highest BCUT2D eigenvalue weighted by Crippen LogP contribution is 2.18. The lowest BCUT2D eigenvalue weighted by molar-refractivity contribution is 0.100. The maximum absolute atomic E-state index is 11.4. The first-order valence-corrected chi connectivity index (χ1v) is 16.2. The minimum Gasteiger partial charge on any atom is -0.494 e. The fraction of sp³-hybridized carbons (Fsp3) is 0.300. The Balaban J connectivity index is 0.981. The van der Waals surface area contributed by atoms with Gasteiger partial charge in [-0.25, -0.2) is 0 Å². The molecule has 238 valence electrons. The number of hydrogen-bond donors (Lipinski definition) is 0. The molecular formula is C40H44N2O4. The summed E-state index contributed by atoms with van der Waals surface area (Å²) in [6.45, 7) is 4.59. The van der Waals surface area contributed by atoms with E-state index in [1.165, 1.54) is 38.5 Å². The van der Waals surface area contributed by atoms with Crippen LogP contribution in [0.4, 0.5) is 11.4 Å². The summed E-state index contributed by atoms with van der Waals surface area (Å²) in [5.74, 6) is 1.87. The number of carbonyl (C=O) groups is 2. The zero-order valence-electron chi connectivity index (χ0n) is 27.0. The van der Waals surface area contributed by atoms with Gasteiger partial charge in [-0.2, -0.15) is 0 Å². The quantitative estimate of drug-likeness (QED) is 0.0597. The summed E-state index contributed by atoms with van der Waals surface area (Å²) in [6.07, 6.45) is 13.1. The van der Waals surface area contributed by atoms with Crippen LogP contribution in [-0.2, 0) is 0 Å². The van der Waals surface area contributed by atoms with Gasteiger partial charge in [0.05, 0.1) is 24.6 Å². The van der Waals surface area contributed by atoms with Gasteiger partial charge in [0.25, 0.3) is 0 Å². The number of rotatable bonds is 19. The molecule has 6 heteroatoms. The molecule has 0 fully saturated rings. The van der Waals surface area contributed by atoms with Crippen molar-refractivity contribution in [2.75, 3.05) is 13.2 Å². The fourth-order valence-corrected chi connectivity index (χ4v) is 4.81. The molecule has 0 saturated heterocycles. The van der Waals surface area contributed by atoms with E-state index in [0.717, 1.165) is 60.1 Å². The third-order valence-corrected chi connectivity index (χ3v) is 7.61. The van der Waals surface area contributed by atoms with Crippen LogP contribution in [0, 0.1) is 0 Å². The van der Waals surface area contributed by atoms with Crippen molar-refractivity contribution in [3.8, 4) is 11.5 Å². The molecule has 0 aliphatic carbocycles. The Hall–Kier alpha value is -4.84. The number of unbranched alkanes of at least 4 members (excludes halogenated alkanes) is 7. The normalized spacial score (nSPS) is 11.3. The van der Waals surface area contributed by atoms with Crippen LogP contribution >= 0.6 is 0 Å². The maximum Gasteiger partial charge on any atom is 0.159 e. The van der Waals surface area contributed by atoms with Crippen LogP contribution in [0.2, 0.25) is 0 Å². The Bertz CT molecular complexity index is 1440. The van der Waals surface area contributed by atoms with Crippen molar-refractivity contribution < 1.29 is 19.1 Å². The number of nitrogens with zero attached hydrogens (tertiary/aromatic N) is 2. The maximum atomic E-state index is 11.4. The van der Waals surface area contributed by atoms with E-state index < -0.39 is 0 Å². The molecule has 0 heterocycles. The highest BCUT2D eigenvalue weighted by Gasteiger charge is 2.01. The van der Waals surface area contributed by atoms with Crippen LogP contribution < -0.4 is 9.47 Å². The zero-order valence-corrected chi connectivity index (χ0v) is 27.0. The number of benzene rings is 4. The first kappa shape index (κ1) is 34.0. The molecule has 0 atom stereocenters. The van der Waals surface area contributed by atoms with Crippen LogP contribution in [0.3, 0.4) is 0 Å². The van der Waals surface area contributed by atoms with E-state index in [1.54, 1.807) is 38.1 Å². The van der Waals surface area contributed by atoms with Crippen LogP contribution in [0.15, 0.2) is 107 Å². The molecule has 0 amide bonds. The third-order valence-electron chi connectivity index (χ3n) is 7.61. The summed E-state index contributed by atoms with van der Waals surface area (Å²) >= 11 is 0. The Kier molecular flexibility index (Phi) is 13.9. The van der Waals surface area contributed by atoms with Gasteiger partial charge in [0.15, 0.2) is 11.6 Å². The summed E-state index contributed by atoms with van der Waals surface area (Å²) in [6, 6.07) is 30.5. The zero-order chi connectivity index (χ0) is 32.4. The predicted molar refractivity (Wildman–Crippen MR) is 188 cm³/mol. The van der Waals surface area contributed by atoms with E-state index in [0.29, 0.717) is 11.1 Å². The van der Waals surface area contributed by atoms with Gasteiger partial charge in [-0.3, -0.25) is 19.6 Å². The Morgan fingerprint density at radius 1 is 0.478 bits per heavy atom. The van der Waals surface area contributed by atoms with Crippen LogP contribution in [-0.4, -0.2) is 37.2 Å². The summed E-state index contributed by atoms with van der Waals surface area (Å²) in [4.78, 5) is 31.7. The smallest absolute Gasteiger partial charge is 0.159 e. The molecular weight excluding hydrogens is 572 g/mol. The van der Waals surface area contributed by atoms with Crippen molar-refractivity contribution in [1.29, 1.82) is 0 Å². The minimum absolute atomic E-state index is 0.0552. The topological polar surface area (TPSA) is 77.3 Å². The summed E-state index contributed by atoms with van der Waals surface area (Å²) in [5, 5.41) is 0. The van der Waals surface area contributed by atoms with E-state index in [2.05, 4.69) is 9.98 Å². The molecule has 4 aromatic carbocycles. The van der Waals surface area contributed by atoms with Gasteiger partial charge in [-0.05, 0) is 135 Å². The number of ether oxygens (including phenoxy) is 2. The molecule has 0 aliphatic rings. The molecule has 0 saturated carbocycles. The first-order chi connectivity index (χ1) is 22.5. The standard InChI is InChI=1S/C40H44N2O4/c1-31(43)35-15-19-37(20-16-35)41-29-33-11-23-39(24-12-33)45-27-9-7-5-3-4-6-8-10-28-46-40-25-13-34(14-26-40)30-42-38-21-17-36(18-22-38)32(2)44/h11-26,29-30H,3-10,27-28H2,1-2H3. The van der Waals surface area contributed by atoms with Crippen LogP contribution in [0.1, 0.15) is 97.1 Å². The van der Waals surface area contributed by atoms with Gasteiger partial charge in [0.2, 0.25) is 0 Å². The van der Waals surface area contributed by atoms with Gasteiger partial charge in [-0.1, -0.05) is 38.5 Å². The Morgan fingerprint density at radius 2 is 0.804 bits per heavy atom. The molecule has 0 unspecified atom stereocenters.